The van der Waals surface area contributed by atoms with E-state index in [9.17, 15) is 53.4 Å². The van der Waals surface area contributed by atoms with Crippen molar-refractivity contribution in [1.82, 2.24) is 5.32 Å². The highest BCUT2D eigenvalue weighted by atomic mass is 32.2. The van der Waals surface area contributed by atoms with Crippen molar-refractivity contribution >= 4 is 15.7 Å². The van der Waals surface area contributed by atoms with Crippen LogP contribution in [0.5, 0.6) is 0 Å². The maximum absolute atomic E-state index is 14.8. The minimum absolute atomic E-state index is 0.0303. The second-order valence-electron chi connectivity index (χ2n) is 10.3. The Kier molecular flexibility index (Phi) is 7.53. The maximum Gasteiger partial charge on any atom is 0.426 e. The van der Waals surface area contributed by atoms with Crippen molar-refractivity contribution < 1.29 is 53.4 Å². The third kappa shape index (κ3) is 4.86. The number of carbonyl (C=O) groups is 1. The van der Waals surface area contributed by atoms with Crippen molar-refractivity contribution in [2.75, 3.05) is 6.54 Å². The van der Waals surface area contributed by atoms with Crippen LogP contribution in [0, 0.1) is 17.7 Å². The fourth-order valence-electron chi connectivity index (χ4n) is 5.89. The van der Waals surface area contributed by atoms with Crippen molar-refractivity contribution in [3.05, 3.63) is 65.0 Å². The Bertz CT molecular complexity index is 1390. The molecule has 14 heteroatoms. The first-order valence-corrected chi connectivity index (χ1v) is 13.7. The molecule has 40 heavy (non-hydrogen) atoms. The number of aliphatic hydroxyl groups excluding tert-OH is 1. The van der Waals surface area contributed by atoms with Gasteiger partial charge in [-0.3, -0.25) is 4.79 Å². The Morgan fingerprint density at radius 1 is 1.05 bits per heavy atom. The molecular weight excluding hydrogens is 574 g/mol. The monoisotopic (exact) mass is 599 g/mol. The number of hydrogen-bond acceptors (Lipinski definition) is 4. The summed E-state index contributed by atoms with van der Waals surface area (Å²) >= 11 is 0. The van der Waals surface area contributed by atoms with Gasteiger partial charge in [-0.1, -0.05) is 18.2 Å². The number of nitrogens with one attached hydrogen (secondary N) is 1. The summed E-state index contributed by atoms with van der Waals surface area (Å²) < 4.78 is 133. The van der Waals surface area contributed by atoms with Crippen LogP contribution < -0.4 is 5.32 Å². The molecule has 0 heterocycles. The van der Waals surface area contributed by atoms with Crippen molar-refractivity contribution in [2.24, 2.45) is 11.8 Å². The van der Waals surface area contributed by atoms with Crippen LogP contribution in [0.3, 0.4) is 0 Å². The summed E-state index contributed by atoms with van der Waals surface area (Å²) in [4.78, 5) is 12.7. The molecule has 0 bridgehead atoms. The summed E-state index contributed by atoms with van der Waals surface area (Å²) in [5.74, 6) is -3.80. The average Bonchev–Trinajstić information content (AvgIpc) is 3.27. The zero-order valence-electron chi connectivity index (χ0n) is 20.9. The van der Waals surface area contributed by atoms with E-state index in [-0.39, 0.29) is 41.7 Å². The zero-order chi connectivity index (χ0) is 29.9. The van der Waals surface area contributed by atoms with E-state index in [1.807, 2.05) is 5.32 Å². The standard InChI is InChI=1S/C26H25F8NO4S/c1-23(28,26(32,33)34)15-3-9-19-14(12-15)2-8-20-18(22(37)35-13-21(36)25(29,30)31)10-11-24(19,20)40(38,39)17-6-4-16(27)5-7-17/h3-7,9,12,18,20-21,36H,2,8,10-11,13H2,1H3,(H,35,37)/t18-,20+,21+,23?,24-/m1/s1. The SMILES string of the molecule is CC(F)(c1ccc2c(c1)CC[C@H]1[C@H](C(=O)NC[C@H](O)C(F)(F)F)CC[C@@]21S(=O)(=O)c1ccc(F)cc1)C(F)(F)F. The fourth-order valence-corrected chi connectivity index (χ4v) is 8.36. The molecule has 1 amide bonds. The predicted octanol–water partition coefficient (Wildman–Crippen LogP) is 5.25. The Morgan fingerprint density at radius 3 is 2.25 bits per heavy atom. The van der Waals surface area contributed by atoms with E-state index < -0.39 is 74.4 Å². The van der Waals surface area contributed by atoms with Gasteiger partial charge >= 0.3 is 12.4 Å². The number of carbonyl (C=O) groups excluding carboxylic acids is 1. The smallest absolute Gasteiger partial charge is 0.382 e. The van der Waals surface area contributed by atoms with E-state index in [0.717, 1.165) is 42.5 Å². The number of aliphatic hydroxyl groups is 1. The number of hydrogen-bond donors (Lipinski definition) is 2. The van der Waals surface area contributed by atoms with Gasteiger partial charge in [0, 0.05) is 5.92 Å². The van der Waals surface area contributed by atoms with Crippen LogP contribution in [0.2, 0.25) is 0 Å². The van der Waals surface area contributed by atoms with Crippen LogP contribution in [0.4, 0.5) is 35.1 Å². The molecule has 2 aliphatic carbocycles. The molecule has 1 fully saturated rings. The zero-order valence-corrected chi connectivity index (χ0v) is 21.7. The Hall–Kier alpha value is -2.74. The number of benzene rings is 2. The minimum Gasteiger partial charge on any atom is -0.382 e. The molecule has 2 aliphatic rings. The lowest BCUT2D eigenvalue weighted by Gasteiger charge is -2.42. The molecule has 4 rings (SSSR count). The van der Waals surface area contributed by atoms with E-state index >= 15 is 0 Å². The fraction of sp³-hybridized carbons (Fsp3) is 0.500. The van der Waals surface area contributed by atoms with Gasteiger partial charge in [-0.05, 0) is 79.5 Å². The largest absolute Gasteiger partial charge is 0.426 e. The highest BCUT2D eigenvalue weighted by Crippen LogP contribution is 2.59. The lowest BCUT2D eigenvalue weighted by atomic mass is 9.72. The average molecular weight is 600 g/mol. The van der Waals surface area contributed by atoms with E-state index in [4.69, 9.17) is 0 Å². The predicted molar refractivity (Wildman–Crippen MR) is 126 cm³/mol. The normalized spacial score (nSPS) is 25.4. The Balaban J connectivity index is 1.81. The second-order valence-corrected chi connectivity index (χ2v) is 12.5. The molecule has 0 saturated heterocycles. The van der Waals surface area contributed by atoms with Crippen molar-refractivity contribution in [3.8, 4) is 0 Å². The topological polar surface area (TPSA) is 83.5 Å². The molecule has 5 atom stereocenters. The van der Waals surface area contributed by atoms with E-state index in [2.05, 4.69) is 0 Å². The number of aryl methyl sites for hydroxylation is 1. The lowest BCUT2D eigenvalue weighted by molar-refractivity contribution is -0.228. The van der Waals surface area contributed by atoms with Gasteiger partial charge in [-0.2, -0.15) is 26.3 Å². The van der Waals surface area contributed by atoms with Gasteiger partial charge in [0.1, 0.15) is 10.6 Å². The van der Waals surface area contributed by atoms with Crippen LogP contribution >= 0.6 is 0 Å². The molecule has 2 N–H and O–H groups in total. The van der Waals surface area contributed by atoms with Crippen LogP contribution in [0.15, 0.2) is 47.4 Å². The highest BCUT2D eigenvalue weighted by Gasteiger charge is 2.62. The Morgan fingerprint density at radius 2 is 1.68 bits per heavy atom. The molecule has 0 spiro atoms. The minimum atomic E-state index is -5.26. The van der Waals surface area contributed by atoms with Crippen molar-refractivity contribution in [1.29, 1.82) is 0 Å². The molecule has 0 aromatic heterocycles. The van der Waals surface area contributed by atoms with Gasteiger partial charge in [0.05, 0.1) is 11.4 Å². The van der Waals surface area contributed by atoms with Crippen LogP contribution in [-0.4, -0.2) is 44.4 Å². The number of rotatable bonds is 6. The summed E-state index contributed by atoms with van der Waals surface area (Å²) in [6.07, 6.45) is -13.5. The summed E-state index contributed by atoms with van der Waals surface area (Å²) in [6.45, 7) is -0.813. The maximum atomic E-state index is 14.8. The number of fused-ring (bicyclic) bond motifs is 3. The number of sulfone groups is 1. The quantitative estimate of drug-likeness (QED) is 0.351. The molecule has 220 valence electrons. The number of alkyl halides is 7. The molecular formula is C26H25F8NO4S. The van der Waals surface area contributed by atoms with Gasteiger partial charge in [0.15, 0.2) is 15.9 Å². The molecule has 5 nitrogen and oxygen atoms in total. The van der Waals surface area contributed by atoms with E-state index in [0.29, 0.717) is 6.92 Å². The first-order valence-electron chi connectivity index (χ1n) is 12.3. The molecule has 2 aromatic rings. The third-order valence-corrected chi connectivity index (χ3v) is 10.6. The van der Waals surface area contributed by atoms with Crippen LogP contribution in [0.25, 0.3) is 0 Å². The number of amides is 1. The van der Waals surface area contributed by atoms with E-state index in [1.54, 1.807) is 0 Å². The molecule has 0 aliphatic heterocycles. The highest BCUT2D eigenvalue weighted by molar-refractivity contribution is 7.92. The van der Waals surface area contributed by atoms with Crippen LogP contribution in [0.1, 0.15) is 42.9 Å². The van der Waals surface area contributed by atoms with E-state index in [1.165, 1.54) is 0 Å². The van der Waals surface area contributed by atoms with Gasteiger partial charge in [-0.25, -0.2) is 17.2 Å². The van der Waals surface area contributed by atoms with Gasteiger partial charge in [-0.15, -0.1) is 0 Å². The van der Waals surface area contributed by atoms with Crippen LogP contribution in [-0.2, 0) is 31.5 Å². The van der Waals surface area contributed by atoms with Crippen molar-refractivity contribution in [2.45, 2.75) is 66.4 Å². The summed E-state index contributed by atoms with van der Waals surface area (Å²) in [6, 6.07) is 6.71. The molecule has 2 aromatic carbocycles. The van der Waals surface area contributed by atoms with Gasteiger partial charge < -0.3 is 10.4 Å². The summed E-state index contributed by atoms with van der Waals surface area (Å²) in [5, 5.41) is 11.3. The Labute approximate surface area is 224 Å². The second kappa shape index (κ2) is 9.97. The molecule has 1 saturated carbocycles. The molecule has 1 unspecified atom stereocenters. The number of halogens is 8. The molecule has 0 radical (unpaired) electrons. The van der Waals surface area contributed by atoms with Crippen molar-refractivity contribution in [3.63, 3.8) is 0 Å². The lowest BCUT2D eigenvalue weighted by Crippen LogP contribution is -2.48. The van der Waals surface area contributed by atoms with Gasteiger partial charge in [0.2, 0.25) is 11.6 Å². The first-order chi connectivity index (χ1) is 18.3. The third-order valence-electron chi connectivity index (χ3n) is 8.06. The summed E-state index contributed by atoms with van der Waals surface area (Å²) in [7, 11) is -4.48. The first kappa shape index (κ1) is 30.2. The van der Waals surface area contributed by atoms with Gasteiger partial charge in [0.25, 0.3) is 0 Å². The summed E-state index contributed by atoms with van der Waals surface area (Å²) in [5.41, 5.74) is -4.29.